The lowest BCUT2D eigenvalue weighted by molar-refractivity contribution is -0.157. The largest absolute Gasteiger partial charge is 0.480 e. The average molecular weight is 536 g/mol. The highest BCUT2D eigenvalue weighted by atomic mass is 16.6. The predicted molar refractivity (Wildman–Crippen MR) is 144 cm³/mol. The number of nitrogens with two attached hydrogens (primary N) is 1. The number of benzene rings is 1. The Kier molecular flexibility index (Phi) is 12.9. The third kappa shape index (κ3) is 8.82. The lowest BCUT2D eigenvalue weighted by atomic mass is 9.79. The second kappa shape index (κ2) is 14.9. The lowest BCUT2D eigenvalue weighted by Crippen LogP contribution is -2.43. The second-order valence-electron chi connectivity index (χ2n) is 10.6. The first kappa shape index (κ1) is 33.1. The molecule has 0 aliphatic rings. The van der Waals surface area contributed by atoms with Gasteiger partial charge in [0.05, 0.1) is 17.8 Å². The Labute approximate surface area is 226 Å². The van der Waals surface area contributed by atoms with E-state index >= 15 is 0 Å². The van der Waals surface area contributed by atoms with Crippen LogP contribution in [0.1, 0.15) is 86.6 Å². The molecule has 1 aromatic rings. The molecule has 9 nitrogen and oxygen atoms in total. The number of hydrogen-bond donors (Lipinski definition) is 2. The maximum absolute atomic E-state index is 12.6. The summed E-state index contributed by atoms with van der Waals surface area (Å²) in [5.74, 6) is -4.91. The lowest BCUT2D eigenvalue weighted by Gasteiger charge is -2.32. The van der Waals surface area contributed by atoms with Gasteiger partial charge in [0.25, 0.3) is 0 Å². The summed E-state index contributed by atoms with van der Waals surface area (Å²) in [6.07, 6.45) is 0.452. The third-order valence-electron chi connectivity index (χ3n) is 7.46. The number of carboxylic acids is 1. The van der Waals surface area contributed by atoms with Gasteiger partial charge in [-0.05, 0) is 43.4 Å². The van der Waals surface area contributed by atoms with Crippen LogP contribution in [0.15, 0.2) is 18.2 Å². The molecule has 9 heteroatoms. The van der Waals surface area contributed by atoms with E-state index in [4.69, 9.17) is 19.9 Å². The minimum Gasteiger partial charge on any atom is -0.480 e. The van der Waals surface area contributed by atoms with Crippen molar-refractivity contribution in [2.45, 2.75) is 93.2 Å². The van der Waals surface area contributed by atoms with E-state index in [2.05, 4.69) is 0 Å². The summed E-state index contributed by atoms with van der Waals surface area (Å²) in [4.78, 5) is 49.7. The molecule has 0 saturated heterocycles. The van der Waals surface area contributed by atoms with Gasteiger partial charge in [-0.3, -0.25) is 19.2 Å². The quantitative estimate of drug-likeness (QED) is 0.250. The first-order chi connectivity index (χ1) is 17.7. The van der Waals surface area contributed by atoms with Crippen molar-refractivity contribution in [2.75, 3.05) is 0 Å². The summed E-state index contributed by atoms with van der Waals surface area (Å²) in [6, 6.07) is 3.20. The minimum atomic E-state index is -1.35. The SMILES string of the molecule is CCC(C)C(=O)Oc1ccc(C(C(C)C(C)OC(=O)C(C)C(C)C)[C@H](N)C(=O)O)cc1OC(=O)C(C)CC. The molecule has 1 rings (SSSR count). The molecule has 0 amide bonds. The maximum Gasteiger partial charge on any atom is 0.321 e. The van der Waals surface area contributed by atoms with Gasteiger partial charge in [-0.25, -0.2) is 0 Å². The Morgan fingerprint density at radius 1 is 0.816 bits per heavy atom. The molecule has 0 aromatic heterocycles. The zero-order valence-corrected chi connectivity index (χ0v) is 24.1. The molecule has 1 aromatic carbocycles. The van der Waals surface area contributed by atoms with Gasteiger partial charge in [0.1, 0.15) is 12.1 Å². The van der Waals surface area contributed by atoms with Gasteiger partial charge in [0.2, 0.25) is 0 Å². The Morgan fingerprint density at radius 3 is 1.76 bits per heavy atom. The summed E-state index contributed by atoms with van der Waals surface area (Å²) >= 11 is 0. The number of hydrogen-bond acceptors (Lipinski definition) is 8. The summed E-state index contributed by atoms with van der Waals surface area (Å²) in [5.41, 5.74) is 6.58. The van der Waals surface area contributed by atoms with Gasteiger partial charge < -0.3 is 25.1 Å². The Hall–Kier alpha value is -2.94. The van der Waals surface area contributed by atoms with Crippen LogP contribution in [-0.2, 0) is 23.9 Å². The van der Waals surface area contributed by atoms with Crippen molar-refractivity contribution < 1.29 is 38.5 Å². The number of rotatable bonds is 14. The molecule has 6 unspecified atom stereocenters. The van der Waals surface area contributed by atoms with Crippen molar-refractivity contribution in [3.8, 4) is 11.5 Å². The van der Waals surface area contributed by atoms with Crippen LogP contribution in [0.5, 0.6) is 11.5 Å². The van der Waals surface area contributed by atoms with Crippen LogP contribution in [0.25, 0.3) is 0 Å². The highest BCUT2D eigenvalue weighted by molar-refractivity contribution is 5.79. The van der Waals surface area contributed by atoms with E-state index in [0.717, 1.165) is 0 Å². The predicted octanol–water partition coefficient (Wildman–Crippen LogP) is 4.95. The smallest absolute Gasteiger partial charge is 0.321 e. The summed E-state index contributed by atoms with van der Waals surface area (Å²) in [7, 11) is 0. The van der Waals surface area contributed by atoms with E-state index in [0.29, 0.717) is 18.4 Å². The van der Waals surface area contributed by atoms with Crippen molar-refractivity contribution in [3.63, 3.8) is 0 Å². The Balaban J connectivity index is 3.51. The number of aliphatic carboxylic acids is 1. The molecule has 0 radical (unpaired) electrons. The van der Waals surface area contributed by atoms with Gasteiger partial charge in [-0.2, -0.15) is 0 Å². The van der Waals surface area contributed by atoms with Gasteiger partial charge in [-0.1, -0.05) is 61.5 Å². The van der Waals surface area contributed by atoms with Crippen molar-refractivity contribution in [1.82, 2.24) is 0 Å². The zero-order chi connectivity index (χ0) is 29.3. The van der Waals surface area contributed by atoms with Gasteiger partial charge in [0, 0.05) is 11.8 Å². The highest BCUT2D eigenvalue weighted by Gasteiger charge is 2.36. The fourth-order valence-corrected chi connectivity index (χ4v) is 3.60. The second-order valence-corrected chi connectivity index (χ2v) is 10.6. The molecule has 7 atom stereocenters. The molecule has 214 valence electrons. The Bertz CT molecular complexity index is 975. The zero-order valence-electron chi connectivity index (χ0n) is 24.1. The molecular weight excluding hydrogens is 490 g/mol. The first-order valence-corrected chi connectivity index (χ1v) is 13.4. The van der Waals surface area contributed by atoms with E-state index in [1.54, 1.807) is 40.7 Å². The molecule has 0 saturated carbocycles. The first-order valence-electron chi connectivity index (χ1n) is 13.4. The van der Waals surface area contributed by atoms with E-state index in [9.17, 15) is 24.3 Å². The highest BCUT2D eigenvalue weighted by Crippen LogP contribution is 2.38. The van der Waals surface area contributed by atoms with Crippen LogP contribution in [0.4, 0.5) is 0 Å². The van der Waals surface area contributed by atoms with Crippen molar-refractivity contribution >= 4 is 23.9 Å². The van der Waals surface area contributed by atoms with Crippen molar-refractivity contribution in [1.29, 1.82) is 0 Å². The molecule has 0 bridgehead atoms. The topological polar surface area (TPSA) is 142 Å². The van der Waals surface area contributed by atoms with E-state index in [-0.39, 0.29) is 35.2 Å². The molecule has 0 aliphatic heterocycles. The van der Waals surface area contributed by atoms with Crippen LogP contribution in [0, 0.1) is 29.6 Å². The van der Waals surface area contributed by atoms with E-state index in [1.807, 2.05) is 27.7 Å². The van der Waals surface area contributed by atoms with Crippen molar-refractivity contribution in [3.05, 3.63) is 23.8 Å². The third-order valence-corrected chi connectivity index (χ3v) is 7.46. The number of esters is 3. The maximum atomic E-state index is 12.6. The number of ether oxygens (including phenoxy) is 3. The van der Waals surface area contributed by atoms with Gasteiger partial charge in [-0.15, -0.1) is 0 Å². The van der Waals surface area contributed by atoms with E-state index < -0.39 is 47.8 Å². The van der Waals surface area contributed by atoms with Crippen LogP contribution in [0.2, 0.25) is 0 Å². The summed E-state index contributed by atoms with van der Waals surface area (Å²) in [5, 5.41) is 9.78. The van der Waals surface area contributed by atoms with Gasteiger partial charge in [0.15, 0.2) is 11.5 Å². The normalized spacial score (nSPS) is 16.9. The minimum absolute atomic E-state index is 0.00248. The molecule has 0 spiro atoms. The molecular formula is C29H45NO8. The van der Waals surface area contributed by atoms with Crippen LogP contribution < -0.4 is 15.2 Å². The number of carboxylic acid groups (broad SMARTS) is 1. The summed E-state index contributed by atoms with van der Waals surface area (Å²) in [6.45, 7) is 16.2. The number of carbonyl (C=O) groups is 4. The Morgan fingerprint density at radius 2 is 1.32 bits per heavy atom. The fraction of sp³-hybridized carbons (Fsp3) is 0.655. The molecule has 0 heterocycles. The fourth-order valence-electron chi connectivity index (χ4n) is 3.60. The van der Waals surface area contributed by atoms with Crippen molar-refractivity contribution in [2.24, 2.45) is 35.3 Å². The van der Waals surface area contributed by atoms with Gasteiger partial charge >= 0.3 is 23.9 Å². The monoisotopic (exact) mass is 535 g/mol. The van der Waals surface area contributed by atoms with Crippen LogP contribution in [-0.4, -0.2) is 41.1 Å². The standard InChI is InChI=1S/C29H45NO8/c1-10-16(5)27(33)37-22-13-12-21(14-23(22)38-28(34)17(6)11-2)24(25(30)26(31)32)19(8)20(9)36-29(35)18(7)15(3)4/h12-20,24-25H,10-11,30H2,1-9H3,(H,31,32)/t16?,17?,18?,19?,20?,24?,25-/m0/s1. The summed E-state index contributed by atoms with van der Waals surface area (Å²) < 4.78 is 16.8. The molecule has 38 heavy (non-hydrogen) atoms. The molecule has 0 aliphatic carbocycles. The van der Waals surface area contributed by atoms with Crippen LogP contribution in [0.3, 0.4) is 0 Å². The van der Waals surface area contributed by atoms with E-state index in [1.165, 1.54) is 12.1 Å². The molecule has 3 N–H and O–H groups in total. The van der Waals surface area contributed by atoms with Crippen LogP contribution >= 0.6 is 0 Å². The molecule has 0 fully saturated rings. The average Bonchev–Trinajstić information content (AvgIpc) is 2.87. The number of carbonyl (C=O) groups excluding carboxylic acids is 3.